The van der Waals surface area contributed by atoms with E-state index in [1.165, 1.54) is 0 Å². The summed E-state index contributed by atoms with van der Waals surface area (Å²) in [6.45, 7) is 0. The Bertz CT molecular complexity index is 1290. The second kappa shape index (κ2) is 13.1. The van der Waals surface area contributed by atoms with Gasteiger partial charge in [-0.25, -0.2) is 0 Å². The van der Waals surface area contributed by atoms with E-state index in [4.69, 9.17) is 10.2 Å². The Labute approximate surface area is 210 Å². The molecule has 0 fully saturated rings. The number of amides is 1. The Hall–Kier alpha value is -5.05. The minimum absolute atomic E-state index is 0.0709. The zero-order valence-corrected chi connectivity index (χ0v) is 19.5. The minimum Gasteiger partial charge on any atom is -0.497 e. The van der Waals surface area contributed by atoms with Gasteiger partial charge >= 0.3 is 17.3 Å². The first kappa shape index (κ1) is 28.2. The number of hydrogen-bond donors (Lipinski definition) is 2. The van der Waals surface area contributed by atoms with Gasteiger partial charge in [-0.1, -0.05) is 36.4 Å². The quantitative estimate of drug-likeness (QED) is 0.308. The maximum Gasteiger partial charge on any atom is 0.324 e. The number of benzene rings is 3. The molecular weight excluding hydrogens is 512 g/mol. The van der Waals surface area contributed by atoms with Gasteiger partial charge in [0.15, 0.2) is 0 Å². The van der Waals surface area contributed by atoms with E-state index in [-0.39, 0.29) is 18.7 Å². The number of nitro benzene ring substituents is 3. The number of carbonyl (C=O) groups is 2. The Morgan fingerprint density at radius 3 is 1.54 bits per heavy atom. The van der Waals surface area contributed by atoms with Crippen LogP contribution in [-0.2, 0) is 20.3 Å². The zero-order chi connectivity index (χ0) is 27.5. The lowest BCUT2D eigenvalue weighted by Gasteiger charge is -2.08. The van der Waals surface area contributed by atoms with Crippen molar-refractivity contribution in [1.29, 1.82) is 0 Å². The smallest absolute Gasteiger partial charge is 0.324 e. The summed E-state index contributed by atoms with van der Waals surface area (Å²) in [5, 5.41) is 48.9. The molecule has 37 heavy (non-hydrogen) atoms. The summed E-state index contributed by atoms with van der Waals surface area (Å²) >= 11 is 0. The number of hydrogen-bond acceptors (Lipinski definition) is 9. The van der Waals surface area contributed by atoms with Crippen LogP contribution in [0.3, 0.4) is 0 Å². The monoisotopic (exact) mass is 530 g/mol. The normalized spacial score (nSPS) is 10.1. The number of non-ortho nitro benzene ring substituents is 1. The average Bonchev–Trinajstić information content (AvgIpc) is 2.87. The molecule has 0 atom stereocenters. The number of phenols is 1. The van der Waals surface area contributed by atoms with Crippen molar-refractivity contribution in [2.24, 2.45) is 4.36 Å². The lowest BCUT2D eigenvalue weighted by atomic mass is 10.2. The molecule has 0 spiro atoms. The Morgan fingerprint density at radius 2 is 1.19 bits per heavy atom. The van der Waals surface area contributed by atoms with Crippen molar-refractivity contribution in [2.45, 2.75) is 22.6 Å². The standard InChI is InChI=1S/C16H15NO3S.C6H3N3O7/c18-15(11-12-16(19)20)17-21(13-7-3-1-4-8-13)14-9-5-2-6-10-14;10-6-4(8(13)14)1-3(7(11)12)2-5(6)9(15)16/h1-10H,11-12H2,(H,19,20);1-2,10H. The van der Waals surface area contributed by atoms with Gasteiger partial charge < -0.3 is 10.2 Å². The predicted octanol–water partition coefficient (Wildman–Crippen LogP) is 4.41. The third kappa shape index (κ3) is 8.29. The number of aliphatic carboxylic acids is 1. The van der Waals surface area contributed by atoms with E-state index >= 15 is 0 Å². The molecule has 0 saturated heterocycles. The molecule has 0 aliphatic heterocycles. The largest absolute Gasteiger partial charge is 0.497 e. The van der Waals surface area contributed by atoms with Gasteiger partial charge in [0.25, 0.3) is 17.3 Å². The van der Waals surface area contributed by atoms with Crippen LogP contribution in [0, 0.1) is 30.3 Å². The summed E-state index contributed by atoms with van der Waals surface area (Å²) in [6.07, 6.45) is -0.262. The summed E-state index contributed by atoms with van der Waals surface area (Å²) in [7, 11) is -0.714. The van der Waals surface area contributed by atoms with Crippen LogP contribution in [0.25, 0.3) is 0 Å². The number of carboxylic acids is 1. The van der Waals surface area contributed by atoms with Crippen molar-refractivity contribution < 1.29 is 34.6 Å². The van der Waals surface area contributed by atoms with Crippen molar-refractivity contribution in [3.63, 3.8) is 0 Å². The SMILES string of the molecule is O=C(O)CCC(=O)N=S(c1ccccc1)c1ccccc1.O=[N+]([O-])c1cc([N+](=O)[O-])c(O)c([N+](=O)[O-])c1. The molecule has 3 aromatic carbocycles. The highest BCUT2D eigenvalue weighted by atomic mass is 32.2. The highest BCUT2D eigenvalue weighted by Gasteiger charge is 2.30. The van der Waals surface area contributed by atoms with E-state index in [0.29, 0.717) is 12.1 Å². The zero-order valence-electron chi connectivity index (χ0n) is 18.7. The third-order valence-corrected chi connectivity index (χ3v) is 6.16. The van der Waals surface area contributed by atoms with Crippen molar-refractivity contribution in [1.82, 2.24) is 0 Å². The van der Waals surface area contributed by atoms with E-state index in [0.717, 1.165) is 9.79 Å². The molecule has 0 unspecified atom stereocenters. The lowest BCUT2D eigenvalue weighted by Crippen LogP contribution is -2.03. The average molecular weight is 530 g/mol. The van der Waals surface area contributed by atoms with Crippen molar-refractivity contribution in [3.05, 3.63) is 103 Å². The molecule has 0 bridgehead atoms. The molecule has 1 amide bonds. The summed E-state index contributed by atoms with van der Waals surface area (Å²) in [4.78, 5) is 52.1. The number of aromatic hydroxyl groups is 1. The van der Waals surface area contributed by atoms with Gasteiger partial charge in [-0.05, 0) is 35.0 Å². The van der Waals surface area contributed by atoms with Crippen LogP contribution in [0.15, 0.2) is 87.0 Å². The van der Waals surface area contributed by atoms with Crippen LogP contribution in [0.1, 0.15) is 12.8 Å². The van der Waals surface area contributed by atoms with Crippen LogP contribution in [0.5, 0.6) is 5.75 Å². The summed E-state index contributed by atoms with van der Waals surface area (Å²) in [5.41, 5.74) is -3.00. The molecule has 3 aromatic rings. The molecule has 0 heterocycles. The minimum atomic E-state index is -1.21. The first-order chi connectivity index (χ1) is 17.5. The van der Waals surface area contributed by atoms with E-state index in [1.807, 2.05) is 60.7 Å². The van der Waals surface area contributed by atoms with Gasteiger partial charge in [0.1, 0.15) is 0 Å². The Morgan fingerprint density at radius 1 is 0.757 bits per heavy atom. The summed E-state index contributed by atoms with van der Waals surface area (Å²) < 4.78 is 4.21. The topological polar surface area (TPSA) is 216 Å². The van der Waals surface area contributed by atoms with Gasteiger partial charge in [-0.15, -0.1) is 0 Å². The van der Waals surface area contributed by atoms with Crippen molar-refractivity contribution in [3.8, 4) is 5.75 Å². The fourth-order valence-corrected chi connectivity index (χ4v) is 4.28. The molecule has 192 valence electrons. The maximum atomic E-state index is 11.9. The number of rotatable bonds is 8. The van der Waals surface area contributed by atoms with Crippen LogP contribution in [-0.4, -0.2) is 36.9 Å². The molecule has 3 rings (SSSR count). The fraction of sp³-hybridized carbons (Fsp3) is 0.0909. The lowest BCUT2D eigenvalue weighted by molar-refractivity contribution is -0.404. The molecule has 0 aromatic heterocycles. The van der Waals surface area contributed by atoms with Gasteiger partial charge in [0, 0.05) is 16.2 Å². The van der Waals surface area contributed by atoms with Gasteiger partial charge in [0.05, 0.1) is 33.3 Å². The van der Waals surface area contributed by atoms with Gasteiger partial charge in [0.2, 0.25) is 0 Å². The first-order valence-electron chi connectivity index (χ1n) is 10.1. The molecule has 0 saturated carbocycles. The van der Waals surface area contributed by atoms with Crippen LogP contribution in [0.4, 0.5) is 17.1 Å². The second-order valence-electron chi connectivity index (χ2n) is 6.89. The molecule has 2 N–H and O–H groups in total. The van der Waals surface area contributed by atoms with E-state index < -0.39 is 54.2 Å². The highest BCUT2D eigenvalue weighted by molar-refractivity contribution is 7.87. The third-order valence-electron chi connectivity index (χ3n) is 4.34. The summed E-state index contributed by atoms with van der Waals surface area (Å²) in [5.74, 6) is -2.58. The molecule has 14 nitrogen and oxygen atoms in total. The second-order valence-corrected chi connectivity index (χ2v) is 8.59. The Kier molecular flexibility index (Phi) is 10.0. The maximum absolute atomic E-state index is 11.9. The van der Waals surface area contributed by atoms with Crippen molar-refractivity contribution in [2.75, 3.05) is 0 Å². The van der Waals surface area contributed by atoms with Crippen LogP contribution in [0.2, 0.25) is 0 Å². The number of nitro groups is 3. The molecule has 0 aliphatic carbocycles. The van der Waals surface area contributed by atoms with Gasteiger partial charge in [-0.3, -0.25) is 39.9 Å². The van der Waals surface area contributed by atoms with Gasteiger partial charge in [-0.2, -0.15) is 4.36 Å². The number of nitrogens with zero attached hydrogens (tertiary/aromatic N) is 4. The first-order valence-corrected chi connectivity index (χ1v) is 11.3. The molecule has 0 aliphatic rings. The van der Waals surface area contributed by atoms with Crippen LogP contribution < -0.4 is 0 Å². The summed E-state index contributed by atoms with van der Waals surface area (Å²) in [6, 6.07) is 20.0. The highest BCUT2D eigenvalue weighted by Crippen LogP contribution is 2.38. The molecular formula is C22H18N4O10S. The van der Waals surface area contributed by atoms with E-state index in [9.17, 15) is 39.9 Å². The molecule has 15 heteroatoms. The fourth-order valence-electron chi connectivity index (χ4n) is 2.68. The number of carbonyl (C=O) groups excluding carboxylic acids is 1. The number of carboxylic acid groups (broad SMARTS) is 1. The number of phenolic OH excluding ortho intramolecular Hbond substituents is 1. The van der Waals surface area contributed by atoms with Crippen LogP contribution >= 0.6 is 0 Å². The van der Waals surface area contributed by atoms with E-state index in [1.54, 1.807) is 0 Å². The molecule has 0 radical (unpaired) electrons. The van der Waals surface area contributed by atoms with E-state index in [2.05, 4.69) is 4.36 Å². The predicted molar refractivity (Wildman–Crippen MR) is 129 cm³/mol. The van der Waals surface area contributed by atoms with Crippen molar-refractivity contribution >= 4 is 39.6 Å². The Balaban J connectivity index is 0.000000271.